The molecule has 1 rings (SSSR count). The first-order chi connectivity index (χ1) is 8.72. The van der Waals surface area contributed by atoms with Crippen LogP contribution in [0.5, 0.6) is 0 Å². The maximum absolute atomic E-state index is 10.7. The summed E-state index contributed by atoms with van der Waals surface area (Å²) in [5, 5.41) is 5.13. The number of nitrogens with zero attached hydrogens (tertiary/aromatic N) is 2. The quantitative estimate of drug-likeness (QED) is 0.392. The van der Waals surface area contributed by atoms with Gasteiger partial charge in [-0.3, -0.25) is 15.3 Å². The van der Waals surface area contributed by atoms with E-state index in [1.165, 1.54) is 0 Å². The molecule has 18 heavy (non-hydrogen) atoms. The zero-order valence-electron chi connectivity index (χ0n) is 9.89. The number of hydrogen-bond acceptors (Lipinski definition) is 3. The van der Waals surface area contributed by atoms with Gasteiger partial charge in [0.1, 0.15) is 0 Å². The molecule has 0 aliphatic rings. The Balaban J connectivity index is 2.49. The van der Waals surface area contributed by atoms with E-state index < -0.39 is 6.03 Å². The van der Waals surface area contributed by atoms with Crippen molar-refractivity contribution in [3.8, 4) is 12.3 Å². The SMILES string of the molecule is C#CCNC(=NCCc1ccccn1)NC(N)=O. The summed E-state index contributed by atoms with van der Waals surface area (Å²) in [5.41, 5.74) is 5.94. The molecule has 0 atom stereocenters. The van der Waals surface area contributed by atoms with Crippen molar-refractivity contribution in [2.45, 2.75) is 6.42 Å². The van der Waals surface area contributed by atoms with Gasteiger partial charge in [-0.25, -0.2) is 4.79 Å². The van der Waals surface area contributed by atoms with Crippen LogP contribution in [0, 0.1) is 12.3 Å². The van der Waals surface area contributed by atoms with Crippen molar-refractivity contribution in [1.29, 1.82) is 0 Å². The Morgan fingerprint density at radius 1 is 1.56 bits per heavy atom. The minimum absolute atomic E-state index is 0.267. The molecule has 94 valence electrons. The lowest BCUT2D eigenvalue weighted by atomic mass is 10.3. The first-order valence-corrected chi connectivity index (χ1v) is 5.40. The molecular weight excluding hydrogens is 230 g/mol. The minimum Gasteiger partial charge on any atom is -0.351 e. The monoisotopic (exact) mass is 245 g/mol. The summed E-state index contributed by atoms with van der Waals surface area (Å²) in [4.78, 5) is 19.1. The molecule has 4 N–H and O–H groups in total. The highest BCUT2D eigenvalue weighted by molar-refractivity contribution is 5.95. The van der Waals surface area contributed by atoms with E-state index in [9.17, 15) is 4.79 Å². The number of carbonyl (C=O) groups excluding carboxylic acids is 1. The number of guanidine groups is 1. The summed E-state index contributed by atoms with van der Waals surface area (Å²) >= 11 is 0. The average molecular weight is 245 g/mol. The third kappa shape index (κ3) is 5.51. The van der Waals surface area contributed by atoms with E-state index in [1.807, 2.05) is 18.2 Å². The normalized spacial score (nSPS) is 10.5. The molecule has 1 aromatic rings. The van der Waals surface area contributed by atoms with Crippen molar-refractivity contribution >= 4 is 12.0 Å². The highest BCUT2D eigenvalue weighted by Crippen LogP contribution is 1.94. The van der Waals surface area contributed by atoms with Crippen molar-refractivity contribution in [1.82, 2.24) is 15.6 Å². The Hall–Kier alpha value is -2.55. The fourth-order valence-corrected chi connectivity index (χ4v) is 1.22. The number of terminal acetylenes is 1. The summed E-state index contributed by atoms with van der Waals surface area (Å²) in [5.74, 6) is 2.66. The number of amides is 2. The highest BCUT2D eigenvalue weighted by Gasteiger charge is 2.00. The molecule has 1 aromatic heterocycles. The van der Waals surface area contributed by atoms with Crippen LogP contribution in [0.4, 0.5) is 4.79 Å². The Bertz CT molecular complexity index is 449. The molecule has 0 unspecified atom stereocenters. The maximum atomic E-state index is 10.7. The van der Waals surface area contributed by atoms with Crippen molar-refractivity contribution in [2.75, 3.05) is 13.1 Å². The molecule has 0 aliphatic heterocycles. The van der Waals surface area contributed by atoms with Gasteiger partial charge in [-0.15, -0.1) is 6.42 Å². The molecular formula is C12H15N5O. The van der Waals surface area contributed by atoms with Crippen LogP contribution in [0.15, 0.2) is 29.4 Å². The first kappa shape index (κ1) is 13.5. The lowest BCUT2D eigenvalue weighted by molar-refractivity contribution is 0.253. The smallest absolute Gasteiger partial charge is 0.318 e. The standard InChI is InChI=1S/C12H15N5O/c1-2-7-15-12(17-11(13)18)16-9-6-10-5-3-4-8-14-10/h1,3-5,8H,6-7,9H2,(H4,13,15,16,17,18). The largest absolute Gasteiger partial charge is 0.351 e. The number of carbonyl (C=O) groups is 1. The van der Waals surface area contributed by atoms with E-state index in [2.05, 4.69) is 26.5 Å². The van der Waals surface area contributed by atoms with Gasteiger partial charge < -0.3 is 11.1 Å². The van der Waals surface area contributed by atoms with Crippen molar-refractivity contribution < 1.29 is 4.79 Å². The Morgan fingerprint density at radius 3 is 3.00 bits per heavy atom. The van der Waals surface area contributed by atoms with Gasteiger partial charge in [-0.1, -0.05) is 12.0 Å². The van der Waals surface area contributed by atoms with Gasteiger partial charge in [0.15, 0.2) is 5.96 Å². The third-order valence-electron chi connectivity index (χ3n) is 1.96. The molecule has 0 fully saturated rings. The van der Waals surface area contributed by atoms with Crippen LogP contribution in [0.25, 0.3) is 0 Å². The van der Waals surface area contributed by atoms with Crippen molar-refractivity contribution in [3.05, 3.63) is 30.1 Å². The first-order valence-electron chi connectivity index (χ1n) is 5.40. The van der Waals surface area contributed by atoms with Gasteiger partial charge in [0.2, 0.25) is 0 Å². The van der Waals surface area contributed by atoms with E-state index in [4.69, 9.17) is 12.2 Å². The van der Waals surface area contributed by atoms with Gasteiger partial charge in [0.05, 0.1) is 6.54 Å². The molecule has 1 heterocycles. The van der Waals surface area contributed by atoms with Gasteiger partial charge in [-0.05, 0) is 12.1 Å². The van der Waals surface area contributed by atoms with Crippen LogP contribution in [0.3, 0.4) is 0 Å². The average Bonchev–Trinajstić information content (AvgIpc) is 2.36. The molecule has 0 spiro atoms. The predicted molar refractivity (Wildman–Crippen MR) is 69.8 cm³/mol. The highest BCUT2D eigenvalue weighted by atomic mass is 16.2. The van der Waals surface area contributed by atoms with E-state index in [-0.39, 0.29) is 12.5 Å². The Kier molecular flexibility index (Phi) is 5.77. The molecule has 0 radical (unpaired) electrons. The second kappa shape index (κ2) is 7.68. The summed E-state index contributed by atoms with van der Waals surface area (Å²) in [6, 6.07) is 4.98. The fourth-order valence-electron chi connectivity index (χ4n) is 1.22. The van der Waals surface area contributed by atoms with Crippen LogP contribution in [-0.2, 0) is 6.42 Å². The lowest BCUT2D eigenvalue weighted by Crippen LogP contribution is -2.44. The zero-order valence-corrected chi connectivity index (χ0v) is 9.89. The minimum atomic E-state index is -0.684. The maximum Gasteiger partial charge on any atom is 0.318 e. The third-order valence-corrected chi connectivity index (χ3v) is 1.96. The number of aromatic nitrogens is 1. The number of pyridine rings is 1. The van der Waals surface area contributed by atoms with Crippen LogP contribution >= 0.6 is 0 Å². The molecule has 6 nitrogen and oxygen atoms in total. The van der Waals surface area contributed by atoms with Crippen molar-refractivity contribution in [3.63, 3.8) is 0 Å². The van der Waals surface area contributed by atoms with Crippen LogP contribution < -0.4 is 16.4 Å². The van der Waals surface area contributed by atoms with Crippen LogP contribution in [0.2, 0.25) is 0 Å². The number of rotatable bonds is 4. The Labute approximate surface area is 106 Å². The van der Waals surface area contributed by atoms with Crippen LogP contribution in [-0.4, -0.2) is 30.1 Å². The second-order valence-electron chi connectivity index (χ2n) is 3.35. The number of aliphatic imine (C=N–C) groups is 1. The molecule has 0 aromatic carbocycles. The molecule has 0 saturated heterocycles. The van der Waals surface area contributed by atoms with Gasteiger partial charge in [0, 0.05) is 24.9 Å². The number of urea groups is 1. The number of nitrogens with one attached hydrogen (secondary N) is 2. The summed E-state index contributed by atoms with van der Waals surface area (Å²) in [6.07, 6.45) is 7.50. The van der Waals surface area contributed by atoms with Gasteiger partial charge in [0.25, 0.3) is 0 Å². The molecule has 0 bridgehead atoms. The Morgan fingerprint density at radius 2 is 2.39 bits per heavy atom. The van der Waals surface area contributed by atoms with E-state index in [0.717, 1.165) is 5.69 Å². The fraction of sp³-hybridized carbons (Fsp3) is 0.250. The second-order valence-corrected chi connectivity index (χ2v) is 3.35. The van der Waals surface area contributed by atoms with E-state index in [1.54, 1.807) is 6.20 Å². The van der Waals surface area contributed by atoms with Crippen molar-refractivity contribution in [2.24, 2.45) is 10.7 Å². The van der Waals surface area contributed by atoms with E-state index in [0.29, 0.717) is 13.0 Å². The number of hydrogen-bond donors (Lipinski definition) is 3. The summed E-state index contributed by atoms with van der Waals surface area (Å²) in [6.45, 7) is 0.743. The topological polar surface area (TPSA) is 92.4 Å². The van der Waals surface area contributed by atoms with Crippen LogP contribution in [0.1, 0.15) is 5.69 Å². The van der Waals surface area contributed by atoms with E-state index >= 15 is 0 Å². The van der Waals surface area contributed by atoms with Gasteiger partial charge in [-0.2, -0.15) is 0 Å². The molecule has 6 heteroatoms. The van der Waals surface area contributed by atoms with Gasteiger partial charge >= 0.3 is 6.03 Å². The molecule has 2 amide bonds. The zero-order chi connectivity index (χ0) is 13.2. The summed E-state index contributed by atoms with van der Waals surface area (Å²) in [7, 11) is 0. The number of primary amides is 1. The lowest BCUT2D eigenvalue weighted by Gasteiger charge is -2.07. The molecule has 0 saturated carbocycles. The number of nitrogens with two attached hydrogens (primary N) is 1. The summed E-state index contributed by atoms with van der Waals surface area (Å²) < 4.78 is 0. The molecule has 0 aliphatic carbocycles. The predicted octanol–water partition coefficient (Wildman–Crippen LogP) is -0.129.